The minimum Gasteiger partial charge on any atom is -0.308 e. The number of urea groups is 1. The molecule has 3 heterocycles. The van der Waals surface area contributed by atoms with Crippen molar-refractivity contribution < 1.29 is 4.79 Å². The highest BCUT2D eigenvalue weighted by Crippen LogP contribution is 2.39. The number of rotatable bonds is 4. The summed E-state index contributed by atoms with van der Waals surface area (Å²) < 4.78 is 4.19. The van der Waals surface area contributed by atoms with Crippen LogP contribution < -0.4 is 5.32 Å². The van der Waals surface area contributed by atoms with Gasteiger partial charge in [0.05, 0.1) is 29.7 Å². The van der Waals surface area contributed by atoms with Gasteiger partial charge in [0, 0.05) is 17.4 Å². The van der Waals surface area contributed by atoms with Crippen LogP contribution in [0, 0.1) is 13.8 Å². The van der Waals surface area contributed by atoms with E-state index in [1.165, 1.54) is 5.56 Å². The van der Waals surface area contributed by atoms with Crippen LogP contribution in [-0.4, -0.2) is 25.3 Å². The van der Waals surface area contributed by atoms with Gasteiger partial charge in [-0.15, -0.1) is 0 Å². The fourth-order valence-electron chi connectivity index (χ4n) is 5.48. The fraction of sp³-hybridized carbons (Fsp3) is 0.212. The van der Waals surface area contributed by atoms with E-state index in [9.17, 15) is 4.79 Å². The van der Waals surface area contributed by atoms with E-state index in [-0.39, 0.29) is 12.1 Å². The number of benzene rings is 3. The Balaban J connectivity index is 1.52. The van der Waals surface area contributed by atoms with Crippen molar-refractivity contribution in [3.05, 3.63) is 131 Å². The molecule has 1 aliphatic rings. The topological polar surface area (TPSA) is 55.1 Å². The maximum Gasteiger partial charge on any atom is 0.322 e. The number of fused-ring (bicyclic) bond motifs is 3. The fourth-order valence-corrected chi connectivity index (χ4v) is 5.48. The number of nitrogens with one attached hydrogen (secondary N) is 1. The Morgan fingerprint density at radius 2 is 1.69 bits per heavy atom. The van der Waals surface area contributed by atoms with Crippen molar-refractivity contribution >= 4 is 11.7 Å². The van der Waals surface area contributed by atoms with E-state index in [1.54, 1.807) is 0 Å². The van der Waals surface area contributed by atoms with Crippen LogP contribution in [0.4, 0.5) is 10.5 Å². The first kappa shape index (κ1) is 24.7. The molecule has 196 valence electrons. The number of nitrogens with zero attached hydrogens (tertiary/aromatic N) is 4. The average Bonchev–Trinajstić information content (AvgIpc) is 3.49. The van der Waals surface area contributed by atoms with E-state index in [0.717, 1.165) is 45.3 Å². The lowest BCUT2D eigenvalue weighted by Gasteiger charge is -2.31. The maximum absolute atomic E-state index is 14.1. The smallest absolute Gasteiger partial charge is 0.308 e. The largest absolute Gasteiger partial charge is 0.322 e. The molecule has 2 aromatic heterocycles. The SMILES string of the molecule is Cc1cccc(NC(=O)N2Cc3c(C)nn(-c4ccccc4)c3-n3cccc3[C@@H]2c2ccc(C(C)C)cc2)c1. The van der Waals surface area contributed by atoms with Crippen LogP contribution in [-0.2, 0) is 6.54 Å². The van der Waals surface area contributed by atoms with Gasteiger partial charge in [-0.3, -0.25) is 0 Å². The molecular weight excluding hydrogens is 482 g/mol. The quantitative estimate of drug-likeness (QED) is 0.269. The van der Waals surface area contributed by atoms with Crippen LogP contribution in [0.2, 0.25) is 0 Å². The minimum atomic E-state index is -0.290. The summed E-state index contributed by atoms with van der Waals surface area (Å²) in [5.74, 6) is 1.40. The van der Waals surface area contributed by atoms with E-state index in [4.69, 9.17) is 5.10 Å². The number of anilines is 1. The van der Waals surface area contributed by atoms with Gasteiger partial charge in [0.1, 0.15) is 5.82 Å². The zero-order valence-electron chi connectivity index (χ0n) is 22.8. The summed E-state index contributed by atoms with van der Waals surface area (Å²) in [6.45, 7) is 8.87. The van der Waals surface area contributed by atoms with E-state index < -0.39 is 0 Å². The number of para-hydroxylation sites is 1. The summed E-state index contributed by atoms with van der Waals surface area (Å²) in [5.41, 5.74) is 8.15. The third-order valence-corrected chi connectivity index (χ3v) is 7.54. The Hall–Kier alpha value is -4.58. The van der Waals surface area contributed by atoms with Crippen LogP contribution in [0.25, 0.3) is 11.5 Å². The maximum atomic E-state index is 14.1. The number of amides is 2. The summed E-state index contributed by atoms with van der Waals surface area (Å²) in [4.78, 5) is 16.0. The summed E-state index contributed by atoms with van der Waals surface area (Å²) >= 11 is 0. The molecule has 0 unspecified atom stereocenters. The molecule has 2 amide bonds. The standard InChI is InChI=1S/C33H33N5O/c1-22(2)25-15-17-26(18-16-25)31-30-14-9-19-36(30)32-29(24(4)35-38(32)28-12-6-5-7-13-28)21-37(31)33(39)34-27-11-8-10-23(3)20-27/h5-20,22,31H,21H2,1-4H3,(H,34,39)/t31-/m0/s1. The summed E-state index contributed by atoms with van der Waals surface area (Å²) in [5, 5.41) is 8.11. The number of carbonyl (C=O) groups is 1. The average molecular weight is 516 g/mol. The molecule has 0 aliphatic carbocycles. The normalized spacial score (nSPS) is 14.6. The predicted molar refractivity (Wildman–Crippen MR) is 156 cm³/mol. The van der Waals surface area contributed by atoms with E-state index in [1.807, 2.05) is 72.0 Å². The van der Waals surface area contributed by atoms with Crippen LogP contribution >= 0.6 is 0 Å². The van der Waals surface area contributed by atoms with Crippen LogP contribution in [0.15, 0.2) is 97.2 Å². The first-order chi connectivity index (χ1) is 18.9. The lowest BCUT2D eigenvalue weighted by atomic mass is 9.97. The summed E-state index contributed by atoms with van der Waals surface area (Å²) in [7, 11) is 0. The highest BCUT2D eigenvalue weighted by atomic mass is 16.2. The first-order valence-corrected chi connectivity index (χ1v) is 13.5. The van der Waals surface area contributed by atoms with Gasteiger partial charge in [0.25, 0.3) is 0 Å². The highest BCUT2D eigenvalue weighted by molar-refractivity contribution is 5.90. The second-order valence-corrected chi connectivity index (χ2v) is 10.6. The Morgan fingerprint density at radius 3 is 2.41 bits per heavy atom. The molecule has 1 aliphatic heterocycles. The van der Waals surface area contributed by atoms with Gasteiger partial charge in [-0.1, -0.05) is 68.4 Å². The Bertz CT molecular complexity index is 1630. The van der Waals surface area contributed by atoms with Gasteiger partial charge >= 0.3 is 6.03 Å². The zero-order valence-corrected chi connectivity index (χ0v) is 22.8. The summed E-state index contributed by atoms with van der Waals surface area (Å²) in [6, 6.07) is 30.5. The molecule has 0 bridgehead atoms. The number of aryl methyl sites for hydroxylation is 2. The highest BCUT2D eigenvalue weighted by Gasteiger charge is 2.36. The van der Waals surface area contributed by atoms with Crippen molar-refractivity contribution in [2.24, 2.45) is 0 Å². The second-order valence-electron chi connectivity index (χ2n) is 10.6. The molecular formula is C33H33N5O. The molecule has 0 saturated heterocycles. The van der Waals surface area contributed by atoms with E-state index in [2.05, 4.69) is 72.4 Å². The third kappa shape index (κ3) is 4.52. The van der Waals surface area contributed by atoms with Gasteiger partial charge in [-0.2, -0.15) is 5.10 Å². The van der Waals surface area contributed by atoms with Gasteiger partial charge in [0.2, 0.25) is 0 Å². The molecule has 5 aromatic rings. The minimum absolute atomic E-state index is 0.147. The number of hydrogen-bond donors (Lipinski definition) is 1. The van der Waals surface area contributed by atoms with Gasteiger partial charge in [0.15, 0.2) is 0 Å². The molecule has 0 spiro atoms. The number of hydrogen-bond acceptors (Lipinski definition) is 2. The van der Waals surface area contributed by atoms with Crippen molar-refractivity contribution in [2.75, 3.05) is 5.32 Å². The lowest BCUT2D eigenvalue weighted by molar-refractivity contribution is 0.194. The van der Waals surface area contributed by atoms with Crippen LogP contribution in [0.3, 0.4) is 0 Å². The summed E-state index contributed by atoms with van der Waals surface area (Å²) in [6.07, 6.45) is 2.08. The molecule has 0 saturated carbocycles. The van der Waals surface area contributed by atoms with Crippen molar-refractivity contribution in [3.63, 3.8) is 0 Å². The van der Waals surface area contributed by atoms with Crippen molar-refractivity contribution in [3.8, 4) is 11.5 Å². The molecule has 39 heavy (non-hydrogen) atoms. The molecule has 0 radical (unpaired) electrons. The molecule has 0 fully saturated rings. The van der Waals surface area contributed by atoms with Crippen molar-refractivity contribution in [2.45, 2.75) is 46.2 Å². The molecule has 6 heteroatoms. The number of aromatic nitrogens is 3. The molecule has 6 rings (SSSR count). The molecule has 1 N–H and O–H groups in total. The zero-order chi connectivity index (χ0) is 27.1. The van der Waals surface area contributed by atoms with E-state index >= 15 is 0 Å². The Morgan fingerprint density at radius 1 is 0.923 bits per heavy atom. The van der Waals surface area contributed by atoms with Gasteiger partial charge < -0.3 is 14.8 Å². The first-order valence-electron chi connectivity index (χ1n) is 13.5. The van der Waals surface area contributed by atoms with Crippen LogP contribution in [0.5, 0.6) is 0 Å². The van der Waals surface area contributed by atoms with Gasteiger partial charge in [-0.05, 0) is 72.9 Å². The second kappa shape index (κ2) is 9.95. The Labute approximate surface area is 229 Å². The third-order valence-electron chi connectivity index (χ3n) is 7.54. The predicted octanol–water partition coefficient (Wildman–Crippen LogP) is 7.54. The molecule has 6 nitrogen and oxygen atoms in total. The van der Waals surface area contributed by atoms with Crippen molar-refractivity contribution in [1.29, 1.82) is 0 Å². The monoisotopic (exact) mass is 515 g/mol. The molecule has 3 aromatic carbocycles. The lowest BCUT2D eigenvalue weighted by Crippen LogP contribution is -2.38. The van der Waals surface area contributed by atoms with Crippen LogP contribution in [0.1, 0.15) is 59.4 Å². The number of carbonyl (C=O) groups excluding carboxylic acids is 1. The Kier molecular flexibility index (Phi) is 6.31. The molecule has 1 atom stereocenters. The van der Waals surface area contributed by atoms with Crippen molar-refractivity contribution in [1.82, 2.24) is 19.2 Å². The van der Waals surface area contributed by atoms with Gasteiger partial charge in [-0.25, -0.2) is 9.48 Å². The van der Waals surface area contributed by atoms with E-state index in [0.29, 0.717) is 12.5 Å².